The normalized spacial score (nSPS) is 10.4. The van der Waals surface area contributed by atoms with Crippen molar-refractivity contribution in [2.45, 2.75) is 20.8 Å². The van der Waals surface area contributed by atoms with Gasteiger partial charge in [-0.25, -0.2) is 4.98 Å². The lowest BCUT2D eigenvalue weighted by Gasteiger charge is -2.12. The van der Waals surface area contributed by atoms with Gasteiger partial charge >= 0.3 is 0 Å². The molecule has 1 aromatic heterocycles. The summed E-state index contributed by atoms with van der Waals surface area (Å²) >= 11 is 5.27. The van der Waals surface area contributed by atoms with Crippen LogP contribution in [0.1, 0.15) is 17.0 Å². The Hall–Kier alpha value is -1.68. The summed E-state index contributed by atoms with van der Waals surface area (Å²) in [7, 11) is 1.67. The molecule has 2 aromatic rings. The maximum Gasteiger partial charge on any atom is 0.133 e. The number of aromatic amines is 1. The molecule has 0 unspecified atom stereocenters. The number of hydrogen-bond acceptors (Lipinski definition) is 3. The van der Waals surface area contributed by atoms with Crippen molar-refractivity contribution in [2.24, 2.45) is 0 Å². The van der Waals surface area contributed by atoms with Crippen molar-refractivity contribution in [1.29, 1.82) is 0 Å². The zero-order valence-corrected chi connectivity index (χ0v) is 11.8. The zero-order valence-electron chi connectivity index (χ0n) is 11.0. The van der Waals surface area contributed by atoms with Crippen LogP contribution in [0.4, 0.5) is 0 Å². The van der Waals surface area contributed by atoms with Gasteiger partial charge in [0.05, 0.1) is 12.8 Å². The fourth-order valence-corrected chi connectivity index (χ4v) is 2.17. The van der Waals surface area contributed by atoms with Gasteiger partial charge in [-0.05, 0) is 32.9 Å². The third kappa shape index (κ3) is 2.29. The van der Waals surface area contributed by atoms with E-state index in [1.165, 1.54) is 5.56 Å². The Bertz CT molecular complexity index is 647. The Morgan fingerprint density at radius 1 is 1.22 bits per heavy atom. The SMILES string of the molecule is COc1ccc(C)cc1-c1[nH]c(C)nc(=S)c1C. The lowest BCUT2D eigenvalue weighted by Crippen LogP contribution is -1.98. The highest BCUT2D eigenvalue weighted by molar-refractivity contribution is 7.71. The standard InChI is InChI=1S/C14H16N2OS/c1-8-5-6-12(17-4)11(7-8)13-9(2)14(18)16-10(3)15-13/h5-7H,1-4H3,(H,15,16,18). The van der Waals surface area contributed by atoms with Crippen LogP contribution in [0.3, 0.4) is 0 Å². The van der Waals surface area contributed by atoms with Crippen molar-refractivity contribution < 1.29 is 4.74 Å². The van der Waals surface area contributed by atoms with Gasteiger partial charge < -0.3 is 9.72 Å². The van der Waals surface area contributed by atoms with Gasteiger partial charge in [0.15, 0.2) is 0 Å². The lowest BCUT2D eigenvalue weighted by atomic mass is 10.0. The summed E-state index contributed by atoms with van der Waals surface area (Å²) in [5.74, 6) is 1.64. The molecule has 2 rings (SSSR count). The van der Waals surface area contributed by atoms with Crippen LogP contribution in [0.25, 0.3) is 11.3 Å². The number of ether oxygens (including phenoxy) is 1. The maximum absolute atomic E-state index is 5.42. The summed E-state index contributed by atoms with van der Waals surface area (Å²) < 4.78 is 6.04. The van der Waals surface area contributed by atoms with E-state index in [1.54, 1.807) is 7.11 Å². The molecule has 0 saturated heterocycles. The number of nitrogens with zero attached hydrogens (tertiary/aromatic N) is 1. The first-order valence-corrected chi connectivity index (χ1v) is 6.16. The summed E-state index contributed by atoms with van der Waals surface area (Å²) in [6, 6.07) is 6.09. The maximum atomic E-state index is 5.42. The van der Waals surface area contributed by atoms with Gasteiger partial charge in [0.25, 0.3) is 0 Å². The summed E-state index contributed by atoms with van der Waals surface area (Å²) in [5.41, 5.74) is 4.15. The van der Waals surface area contributed by atoms with Crippen molar-refractivity contribution in [3.05, 3.63) is 39.8 Å². The highest BCUT2D eigenvalue weighted by Crippen LogP contribution is 2.31. The predicted octanol–water partition coefficient (Wildman–Crippen LogP) is 3.74. The molecule has 0 fully saturated rings. The highest BCUT2D eigenvalue weighted by atomic mass is 32.1. The summed E-state index contributed by atoms with van der Waals surface area (Å²) in [6.07, 6.45) is 0. The van der Waals surface area contributed by atoms with Gasteiger partial charge in [-0.3, -0.25) is 0 Å². The largest absolute Gasteiger partial charge is 0.496 e. The second-order valence-corrected chi connectivity index (χ2v) is 4.72. The molecule has 0 atom stereocenters. The molecule has 18 heavy (non-hydrogen) atoms. The van der Waals surface area contributed by atoms with E-state index in [9.17, 15) is 0 Å². The van der Waals surface area contributed by atoms with Crippen LogP contribution in [0.15, 0.2) is 18.2 Å². The van der Waals surface area contributed by atoms with E-state index in [0.29, 0.717) is 4.64 Å². The van der Waals surface area contributed by atoms with Crippen molar-refractivity contribution in [3.8, 4) is 17.0 Å². The molecule has 0 radical (unpaired) electrons. The van der Waals surface area contributed by atoms with Gasteiger partial charge in [0, 0.05) is 11.1 Å². The number of H-pyrrole nitrogens is 1. The van der Waals surface area contributed by atoms with Crippen molar-refractivity contribution in [1.82, 2.24) is 9.97 Å². The van der Waals surface area contributed by atoms with E-state index in [2.05, 4.69) is 23.0 Å². The number of methoxy groups -OCH3 is 1. The summed E-state index contributed by atoms with van der Waals surface area (Å²) in [5, 5.41) is 0. The van der Waals surface area contributed by atoms with Crippen molar-refractivity contribution in [2.75, 3.05) is 7.11 Å². The van der Waals surface area contributed by atoms with E-state index in [0.717, 1.165) is 28.4 Å². The van der Waals surface area contributed by atoms with Gasteiger partial charge in [0.1, 0.15) is 16.2 Å². The van der Waals surface area contributed by atoms with E-state index < -0.39 is 0 Å². The van der Waals surface area contributed by atoms with E-state index in [1.807, 2.05) is 26.0 Å². The van der Waals surface area contributed by atoms with Crippen LogP contribution >= 0.6 is 12.2 Å². The molecule has 0 aliphatic carbocycles. The predicted molar refractivity (Wildman–Crippen MR) is 75.6 cm³/mol. The third-order valence-corrected chi connectivity index (χ3v) is 3.29. The topological polar surface area (TPSA) is 37.9 Å². The molecular weight excluding hydrogens is 244 g/mol. The van der Waals surface area contributed by atoms with Crippen LogP contribution < -0.4 is 4.74 Å². The second-order valence-electron chi connectivity index (χ2n) is 4.33. The molecule has 94 valence electrons. The first kappa shape index (κ1) is 12.8. The Kier molecular flexibility index (Phi) is 3.48. The van der Waals surface area contributed by atoms with Gasteiger partial charge in [-0.2, -0.15) is 0 Å². The van der Waals surface area contributed by atoms with Crippen LogP contribution in [-0.2, 0) is 0 Å². The van der Waals surface area contributed by atoms with Crippen LogP contribution in [0.2, 0.25) is 0 Å². The fourth-order valence-electron chi connectivity index (χ4n) is 1.93. The minimum atomic E-state index is 0.629. The fraction of sp³-hybridized carbons (Fsp3) is 0.286. The third-order valence-electron chi connectivity index (χ3n) is 2.90. The first-order valence-electron chi connectivity index (χ1n) is 5.75. The Morgan fingerprint density at radius 3 is 2.61 bits per heavy atom. The molecule has 0 aliphatic rings. The van der Waals surface area contributed by atoms with E-state index in [4.69, 9.17) is 17.0 Å². The van der Waals surface area contributed by atoms with Crippen molar-refractivity contribution in [3.63, 3.8) is 0 Å². The Morgan fingerprint density at radius 2 is 1.94 bits per heavy atom. The minimum Gasteiger partial charge on any atom is -0.496 e. The summed E-state index contributed by atoms with van der Waals surface area (Å²) in [4.78, 5) is 7.53. The zero-order chi connectivity index (χ0) is 13.3. The average Bonchev–Trinajstić information content (AvgIpc) is 2.33. The number of benzene rings is 1. The van der Waals surface area contributed by atoms with E-state index in [-0.39, 0.29) is 0 Å². The highest BCUT2D eigenvalue weighted by Gasteiger charge is 2.11. The summed E-state index contributed by atoms with van der Waals surface area (Å²) in [6.45, 7) is 5.93. The van der Waals surface area contributed by atoms with Gasteiger partial charge in [0.2, 0.25) is 0 Å². The number of rotatable bonds is 2. The van der Waals surface area contributed by atoms with Crippen LogP contribution in [-0.4, -0.2) is 17.1 Å². The monoisotopic (exact) mass is 260 g/mol. The molecule has 0 spiro atoms. The first-order chi connectivity index (χ1) is 8.52. The molecule has 0 aliphatic heterocycles. The molecular formula is C14H16N2OS. The lowest BCUT2D eigenvalue weighted by molar-refractivity contribution is 0.416. The van der Waals surface area contributed by atoms with E-state index >= 15 is 0 Å². The average molecular weight is 260 g/mol. The van der Waals surface area contributed by atoms with Crippen LogP contribution in [0, 0.1) is 25.4 Å². The number of nitrogens with one attached hydrogen (secondary N) is 1. The minimum absolute atomic E-state index is 0.629. The molecule has 0 amide bonds. The molecule has 0 bridgehead atoms. The van der Waals surface area contributed by atoms with Gasteiger partial charge in [-0.1, -0.05) is 23.8 Å². The smallest absolute Gasteiger partial charge is 0.133 e. The Labute approximate surface area is 112 Å². The molecule has 1 N–H and O–H groups in total. The molecule has 3 nitrogen and oxygen atoms in total. The number of aromatic nitrogens is 2. The number of hydrogen-bond donors (Lipinski definition) is 1. The van der Waals surface area contributed by atoms with Crippen LogP contribution in [0.5, 0.6) is 5.75 Å². The number of aryl methyl sites for hydroxylation is 2. The Balaban J connectivity index is 2.76. The second kappa shape index (κ2) is 4.90. The molecule has 0 saturated carbocycles. The molecule has 4 heteroatoms. The van der Waals surface area contributed by atoms with Gasteiger partial charge in [-0.15, -0.1) is 0 Å². The van der Waals surface area contributed by atoms with Crippen molar-refractivity contribution >= 4 is 12.2 Å². The molecule has 1 heterocycles. The molecule has 1 aromatic carbocycles. The quantitative estimate of drug-likeness (QED) is 0.836.